The Morgan fingerprint density at radius 1 is 1.53 bits per heavy atom. The molecule has 114 valence electrons. The summed E-state index contributed by atoms with van der Waals surface area (Å²) in [6.07, 6.45) is 7.45. The molecule has 0 aromatic heterocycles. The quantitative estimate of drug-likeness (QED) is 0.682. The third-order valence-electron chi connectivity index (χ3n) is 3.86. The first-order valence-corrected chi connectivity index (χ1v) is 8.04. The minimum absolute atomic E-state index is 0. The lowest BCUT2D eigenvalue weighted by atomic mass is 9.66. The number of ether oxygens (including phenoxy) is 1. The van der Waals surface area contributed by atoms with Crippen LogP contribution in [0.15, 0.2) is 0 Å². The molecule has 6 heteroatoms. The Kier molecular flexibility index (Phi) is 9.87. The molecular weight excluding hydrogens is 284 g/mol. The molecule has 0 aliphatic heterocycles. The second-order valence-electron chi connectivity index (χ2n) is 5.20. The van der Waals surface area contributed by atoms with E-state index in [0.29, 0.717) is 0 Å². The number of thioether (sulfide) groups is 1. The molecule has 1 fully saturated rings. The van der Waals surface area contributed by atoms with Gasteiger partial charge in [0.2, 0.25) is 5.91 Å². The van der Waals surface area contributed by atoms with E-state index in [2.05, 4.69) is 5.32 Å². The van der Waals surface area contributed by atoms with Gasteiger partial charge in [-0.2, -0.15) is 11.8 Å². The van der Waals surface area contributed by atoms with E-state index >= 15 is 0 Å². The molecule has 1 aliphatic rings. The van der Waals surface area contributed by atoms with Crippen molar-refractivity contribution in [2.45, 2.75) is 38.1 Å². The minimum atomic E-state index is -0.364. The molecule has 0 unspecified atom stereocenters. The summed E-state index contributed by atoms with van der Waals surface area (Å²) in [5.74, 6) is 0.927. The maximum atomic E-state index is 11.8. The van der Waals surface area contributed by atoms with Gasteiger partial charge in [0.1, 0.15) is 0 Å². The van der Waals surface area contributed by atoms with Crippen molar-refractivity contribution in [3.05, 3.63) is 0 Å². The van der Waals surface area contributed by atoms with Crippen LogP contribution in [-0.2, 0) is 9.53 Å². The van der Waals surface area contributed by atoms with Crippen molar-refractivity contribution in [3.8, 4) is 0 Å². The molecule has 0 aromatic rings. The number of nitrogens with one attached hydrogen (secondary N) is 1. The highest BCUT2D eigenvalue weighted by Crippen LogP contribution is 2.43. The monoisotopic (exact) mass is 310 g/mol. The van der Waals surface area contributed by atoms with Crippen LogP contribution in [0.3, 0.4) is 0 Å². The number of rotatable bonds is 9. The summed E-state index contributed by atoms with van der Waals surface area (Å²) in [4.78, 5) is 11.8. The fourth-order valence-corrected chi connectivity index (χ4v) is 2.78. The topological polar surface area (TPSA) is 64.3 Å². The summed E-state index contributed by atoms with van der Waals surface area (Å²) in [7, 11) is 1.73. The predicted octanol–water partition coefficient (Wildman–Crippen LogP) is 1.81. The van der Waals surface area contributed by atoms with Gasteiger partial charge in [0.15, 0.2) is 0 Å². The second kappa shape index (κ2) is 9.86. The zero-order valence-electron chi connectivity index (χ0n) is 11.9. The molecule has 1 atom stereocenters. The standard InChI is InChI=1S/C13H26N2O2S.ClH/c1-17-8-7-13(5-3-6-13)10-15-12(16)11(14)4-9-18-2;/h11H,3-10,14H2,1-2H3,(H,15,16);1H/t11-;/m0./s1. The van der Waals surface area contributed by atoms with Crippen molar-refractivity contribution < 1.29 is 9.53 Å². The molecule has 3 N–H and O–H groups in total. The lowest BCUT2D eigenvalue weighted by Crippen LogP contribution is -2.48. The van der Waals surface area contributed by atoms with Gasteiger partial charge in [0.25, 0.3) is 0 Å². The molecule has 0 saturated heterocycles. The molecule has 4 nitrogen and oxygen atoms in total. The fourth-order valence-electron chi connectivity index (χ4n) is 2.29. The highest BCUT2D eigenvalue weighted by Gasteiger charge is 2.36. The minimum Gasteiger partial charge on any atom is -0.385 e. The van der Waals surface area contributed by atoms with Crippen molar-refractivity contribution >= 4 is 30.1 Å². The van der Waals surface area contributed by atoms with Crippen LogP contribution in [0.4, 0.5) is 0 Å². The maximum Gasteiger partial charge on any atom is 0.236 e. The van der Waals surface area contributed by atoms with Crippen molar-refractivity contribution in [1.82, 2.24) is 5.32 Å². The number of halogens is 1. The number of hydrogen-bond donors (Lipinski definition) is 2. The fraction of sp³-hybridized carbons (Fsp3) is 0.923. The van der Waals surface area contributed by atoms with Gasteiger partial charge in [-0.3, -0.25) is 4.79 Å². The molecule has 0 spiro atoms. The van der Waals surface area contributed by atoms with Crippen LogP contribution in [0, 0.1) is 5.41 Å². The molecule has 1 amide bonds. The van der Waals surface area contributed by atoms with Gasteiger partial charge >= 0.3 is 0 Å². The second-order valence-corrected chi connectivity index (χ2v) is 6.19. The highest BCUT2D eigenvalue weighted by molar-refractivity contribution is 7.98. The number of carbonyl (C=O) groups is 1. The zero-order valence-corrected chi connectivity index (χ0v) is 13.6. The first kappa shape index (κ1) is 19.0. The SMILES string of the molecule is COCCC1(CNC(=O)[C@@H](N)CCSC)CCC1.Cl. The molecule has 0 radical (unpaired) electrons. The van der Waals surface area contributed by atoms with E-state index in [1.54, 1.807) is 18.9 Å². The number of hydrogen-bond acceptors (Lipinski definition) is 4. The molecule has 19 heavy (non-hydrogen) atoms. The van der Waals surface area contributed by atoms with Crippen LogP contribution < -0.4 is 11.1 Å². The van der Waals surface area contributed by atoms with Gasteiger partial charge < -0.3 is 15.8 Å². The summed E-state index contributed by atoms with van der Waals surface area (Å²) >= 11 is 1.72. The van der Waals surface area contributed by atoms with Crippen LogP contribution in [0.2, 0.25) is 0 Å². The van der Waals surface area contributed by atoms with E-state index in [4.69, 9.17) is 10.5 Å². The van der Waals surface area contributed by atoms with Crippen LogP contribution in [0.1, 0.15) is 32.1 Å². The smallest absolute Gasteiger partial charge is 0.236 e. The van der Waals surface area contributed by atoms with Crippen molar-refractivity contribution in [2.75, 3.05) is 32.3 Å². The van der Waals surface area contributed by atoms with Crippen molar-refractivity contribution in [3.63, 3.8) is 0 Å². The third kappa shape index (κ3) is 6.34. The summed E-state index contributed by atoms with van der Waals surface area (Å²) < 4.78 is 5.14. The van der Waals surface area contributed by atoms with E-state index in [1.807, 2.05) is 6.26 Å². The number of carbonyl (C=O) groups excluding carboxylic acids is 1. The number of nitrogens with two attached hydrogens (primary N) is 1. The van der Waals surface area contributed by atoms with Gasteiger partial charge in [-0.05, 0) is 43.1 Å². The lowest BCUT2D eigenvalue weighted by Gasteiger charge is -2.42. The summed E-state index contributed by atoms with van der Waals surface area (Å²) in [6.45, 7) is 1.52. The molecule has 0 bridgehead atoms. The van der Waals surface area contributed by atoms with Crippen LogP contribution in [0.5, 0.6) is 0 Å². The summed E-state index contributed by atoms with van der Waals surface area (Å²) in [6, 6.07) is -0.364. The molecule has 1 saturated carbocycles. The van der Waals surface area contributed by atoms with Gasteiger partial charge in [-0.25, -0.2) is 0 Å². The van der Waals surface area contributed by atoms with E-state index < -0.39 is 0 Å². The normalized spacial score (nSPS) is 18.1. The number of amides is 1. The Labute approximate surface area is 127 Å². The first-order chi connectivity index (χ1) is 8.63. The van der Waals surface area contributed by atoms with Crippen LogP contribution in [0.25, 0.3) is 0 Å². The summed E-state index contributed by atoms with van der Waals surface area (Å²) in [5.41, 5.74) is 6.11. The van der Waals surface area contributed by atoms with E-state index in [9.17, 15) is 4.79 Å². The molecule has 0 aromatic carbocycles. The van der Waals surface area contributed by atoms with Gasteiger partial charge in [-0.15, -0.1) is 12.4 Å². The van der Waals surface area contributed by atoms with Crippen LogP contribution >= 0.6 is 24.2 Å². The van der Waals surface area contributed by atoms with Gasteiger partial charge in [0.05, 0.1) is 6.04 Å². The Hall–Kier alpha value is 0.0300. The van der Waals surface area contributed by atoms with Crippen LogP contribution in [-0.4, -0.2) is 44.2 Å². The van der Waals surface area contributed by atoms with E-state index in [1.165, 1.54) is 19.3 Å². The zero-order chi connectivity index (χ0) is 13.4. The molecule has 1 rings (SSSR count). The average molecular weight is 311 g/mol. The average Bonchev–Trinajstić information content (AvgIpc) is 2.33. The summed E-state index contributed by atoms with van der Waals surface area (Å²) in [5, 5.41) is 3.01. The number of methoxy groups -OCH3 is 1. The Balaban J connectivity index is 0.00000324. The Morgan fingerprint density at radius 3 is 2.68 bits per heavy atom. The third-order valence-corrected chi connectivity index (χ3v) is 4.50. The Bertz CT molecular complexity index is 263. The first-order valence-electron chi connectivity index (χ1n) is 6.65. The molecule has 1 aliphatic carbocycles. The van der Waals surface area contributed by atoms with Crippen molar-refractivity contribution in [2.24, 2.45) is 11.1 Å². The Morgan fingerprint density at radius 2 is 2.21 bits per heavy atom. The lowest BCUT2D eigenvalue weighted by molar-refractivity contribution is -0.123. The highest BCUT2D eigenvalue weighted by atomic mass is 35.5. The largest absolute Gasteiger partial charge is 0.385 e. The predicted molar refractivity (Wildman–Crippen MR) is 84.0 cm³/mol. The van der Waals surface area contributed by atoms with Crippen molar-refractivity contribution in [1.29, 1.82) is 0 Å². The van der Waals surface area contributed by atoms with E-state index in [-0.39, 0.29) is 29.8 Å². The molecule has 0 heterocycles. The maximum absolute atomic E-state index is 11.8. The molecular formula is C13H27ClN2O2S. The van der Waals surface area contributed by atoms with Gasteiger partial charge in [0, 0.05) is 20.3 Å². The van der Waals surface area contributed by atoms with E-state index in [0.717, 1.165) is 31.7 Å². The van der Waals surface area contributed by atoms with Gasteiger partial charge in [-0.1, -0.05) is 6.42 Å².